The average Bonchev–Trinajstić information content (AvgIpc) is 2.65. The van der Waals surface area contributed by atoms with Gasteiger partial charge in [-0.25, -0.2) is 0 Å². The Labute approximate surface area is 91.5 Å². The van der Waals surface area contributed by atoms with Crippen molar-refractivity contribution in [3.63, 3.8) is 0 Å². The number of hydrogen-bond acceptors (Lipinski definition) is 3. The lowest BCUT2D eigenvalue weighted by atomic mass is 9.93. The van der Waals surface area contributed by atoms with E-state index in [9.17, 15) is 4.79 Å². The van der Waals surface area contributed by atoms with Crippen LogP contribution >= 0.6 is 0 Å². The number of rotatable bonds is 3. The second-order valence-electron chi connectivity index (χ2n) is 4.89. The highest BCUT2D eigenvalue weighted by molar-refractivity contribution is 5.85. The minimum Gasteiger partial charge on any atom is -0.396 e. The van der Waals surface area contributed by atoms with Crippen molar-refractivity contribution in [2.75, 3.05) is 19.7 Å². The Morgan fingerprint density at radius 3 is 2.87 bits per heavy atom. The molecule has 0 spiro atoms. The molecule has 0 amide bonds. The fourth-order valence-electron chi connectivity index (χ4n) is 2.98. The third-order valence-electron chi connectivity index (χ3n) is 3.80. The summed E-state index contributed by atoms with van der Waals surface area (Å²) < 4.78 is 0. The summed E-state index contributed by atoms with van der Waals surface area (Å²) in [5.74, 6) is 1.05. The van der Waals surface area contributed by atoms with Gasteiger partial charge >= 0.3 is 0 Å². The number of aliphatic hydroxyl groups excluding tert-OH is 1. The van der Waals surface area contributed by atoms with E-state index in [1.165, 1.54) is 12.8 Å². The SMILES string of the molecule is O=C1CCCC1N1CCCC(CCO)C1. The van der Waals surface area contributed by atoms with Gasteiger partial charge in [-0.05, 0) is 44.6 Å². The number of aliphatic hydroxyl groups is 1. The van der Waals surface area contributed by atoms with Gasteiger partial charge in [-0.15, -0.1) is 0 Å². The molecule has 3 heteroatoms. The van der Waals surface area contributed by atoms with E-state index in [1.54, 1.807) is 0 Å². The van der Waals surface area contributed by atoms with Crippen LogP contribution in [0.3, 0.4) is 0 Å². The molecule has 0 aromatic rings. The van der Waals surface area contributed by atoms with E-state index in [2.05, 4.69) is 4.90 Å². The van der Waals surface area contributed by atoms with Crippen molar-refractivity contribution >= 4 is 5.78 Å². The van der Waals surface area contributed by atoms with Gasteiger partial charge in [0.15, 0.2) is 0 Å². The molecule has 1 aliphatic carbocycles. The molecule has 1 saturated carbocycles. The summed E-state index contributed by atoms with van der Waals surface area (Å²) in [6, 6.07) is 0.214. The average molecular weight is 211 g/mol. The predicted octanol–water partition coefficient (Wildman–Crippen LogP) is 1.20. The lowest BCUT2D eigenvalue weighted by Crippen LogP contribution is -2.44. The molecule has 0 radical (unpaired) electrons. The largest absolute Gasteiger partial charge is 0.396 e. The first-order valence-corrected chi connectivity index (χ1v) is 6.19. The fourth-order valence-corrected chi connectivity index (χ4v) is 2.98. The molecule has 2 fully saturated rings. The van der Waals surface area contributed by atoms with E-state index in [-0.39, 0.29) is 12.6 Å². The Kier molecular flexibility index (Phi) is 3.76. The van der Waals surface area contributed by atoms with Gasteiger partial charge in [-0.3, -0.25) is 9.69 Å². The smallest absolute Gasteiger partial charge is 0.149 e. The molecule has 2 atom stereocenters. The maximum atomic E-state index is 11.6. The number of ketones is 1. The molecule has 2 unspecified atom stereocenters. The number of likely N-dealkylation sites (tertiary alicyclic amines) is 1. The number of nitrogens with zero attached hydrogens (tertiary/aromatic N) is 1. The first kappa shape index (κ1) is 11.1. The molecule has 2 aliphatic rings. The van der Waals surface area contributed by atoms with E-state index in [0.717, 1.165) is 38.8 Å². The van der Waals surface area contributed by atoms with Gasteiger partial charge in [-0.2, -0.15) is 0 Å². The van der Waals surface area contributed by atoms with Crippen LogP contribution in [-0.2, 0) is 4.79 Å². The maximum Gasteiger partial charge on any atom is 0.149 e. The van der Waals surface area contributed by atoms with Crippen LogP contribution in [0.2, 0.25) is 0 Å². The van der Waals surface area contributed by atoms with Crippen LogP contribution < -0.4 is 0 Å². The van der Waals surface area contributed by atoms with Gasteiger partial charge in [0.05, 0.1) is 6.04 Å². The van der Waals surface area contributed by atoms with Crippen molar-refractivity contribution < 1.29 is 9.90 Å². The van der Waals surface area contributed by atoms with E-state index in [1.807, 2.05) is 0 Å². The molecular formula is C12H21NO2. The van der Waals surface area contributed by atoms with Crippen molar-refractivity contribution in [2.24, 2.45) is 5.92 Å². The molecule has 3 nitrogen and oxygen atoms in total. The van der Waals surface area contributed by atoms with Crippen molar-refractivity contribution in [3.05, 3.63) is 0 Å². The van der Waals surface area contributed by atoms with Gasteiger partial charge < -0.3 is 5.11 Å². The number of hydrogen-bond donors (Lipinski definition) is 1. The normalized spacial score (nSPS) is 33.5. The molecule has 15 heavy (non-hydrogen) atoms. The summed E-state index contributed by atoms with van der Waals surface area (Å²) in [6.07, 6.45) is 6.23. The zero-order valence-electron chi connectivity index (χ0n) is 9.32. The fraction of sp³-hybridized carbons (Fsp3) is 0.917. The molecular weight excluding hydrogens is 190 g/mol. The Balaban J connectivity index is 1.89. The quantitative estimate of drug-likeness (QED) is 0.762. The predicted molar refractivity (Wildman–Crippen MR) is 58.6 cm³/mol. The highest BCUT2D eigenvalue weighted by Gasteiger charge is 2.32. The Morgan fingerprint density at radius 2 is 2.20 bits per heavy atom. The molecule has 0 aromatic carbocycles. The van der Waals surface area contributed by atoms with Crippen LogP contribution in [0.25, 0.3) is 0 Å². The van der Waals surface area contributed by atoms with Crippen LogP contribution in [0.4, 0.5) is 0 Å². The van der Waals surface area contributed by atoms with Crippen LogP contribution in [0.5, 0.6) is 0 Å². The lowest BCUT2D eigenvalue weighted by molar-refractivity contribution is -0.122. The van der Waals surface area contributed by atoms with Crippen LogP contribution in [0.1, 0.15) is 38.5 Å². The third kappa shape index (κ3) is 2.58. The van der Waals surface area contributed by atoms with E-state index in [0.29, 0.717) is 11.7 Å². The van der Waals surface area contributed by atoms with Gasteiger partial charge in [0, 0.05) is 19.6 Å². The van der Waals surface area contributed by atoms with Crippen molar-refractivity contribution in [1.82, 2.24) is 4.90 Å². The van der Waals surface area contributed by atoms with Gasteiger partial charge in [0.25, 0.3) is 0 Å². The zero-order valence-corrected chi connectivity index (χ0v) is 9.32. The summed E-state index contributed by atoms with van der Waals surface area (Å²) in [5, 5.41) is 8.94. The number of piperidine rings is 1. The molecule has 1 saturated heterocycles. The first-order chi connectivity index (χ1) is 7.31. The molecule has 1 heterocycles. The van der Waals surface area contributed by atoms with Crippen molar-refractivity contribution in [1.29, 1.82) is 0 Å². The summed E-state index contributed by atoms with van der Waals surface area (Å²) in [5.41, 5.74) is 0. The van der Waals surface area contributed by atoms with Gasteiger partial charge in [0.2, 0.25) is 0 Å². The summed E-state index contributed by atoms with van der Waals surface area (Å²) in [6.45, 7) is 2.40. The van der Waals surface area contributed by atoms with Gasteiger partial charge in [-0.1, -0.05) is 0 Å². The topological polar surface area (TPSA) is 40.5 Å². The van der Waals surface area contributed by atoms with Crippen LogP contribution in [0, 0.1) is 5.92 Å². The number of carbonyl (C=O) groups excluding carboxylic acids is 1. The van der Waals surface area contributed by atoms with Crippen LogP contribution in [0.15, 0.2) is 0 Å². The summed E-state index contributed by atoms with van der Waals surface area (Å²) >= 11 is 0. The molecule has 2 rings (SSSR count). The standard InChI is InChI=1S/C12H21NO2/c14-8-6-10-3-2-7-13(9-10)11-4-1-5-12(11)15/h10-11,14H,1-9H2. The van der Waals surface area contributed by atoms with Gasteiger partial charge in [0.1, 0.15) is 5.78 Å². The molecule has 1 N–H and O–H groups in total. The van der Waals surface area contributed by atoms with E-state index in [4.69, 9.17) is 5.11 Å². The van der Waals surface area contributed by atoms with Crippen molar-refractivity contribution in [3.8, 4) is 0 Å². The summed E-state index contributed by atoms with van der Waals surface area (Å²) in [7, 11) is 0. The minimum atomic E-state index is 0.214. The second-order valence-corrected chi connectivity index (χ2v) is 4.89. The van der Waals surface area contributed by atoms with E-state index >= 15 is 0 Å². The maximum absolute atomic E-state index is 11.6. The number of carbonyl (C=O) groups is 1. The Morgan fingerprint density at radius 1 is 1.33 bits per heavy atom. The molecule has 0 bridgehead atoms. The lowest BCUT2D eigenvalue weighted by Gasteiger charge is -2.35. The highest BCUT2D eigenvalue weighted by atomic mass is 16.3. The Bertz CT molecular complexity index is 228. The highest BCUT2D eigenvalue weighted by Crippen LogP contribution is 2.26. The molecule has 0 aromatic heterocycles. The van der Waals surface area contributed by atoms with E-state index < -0.39 is 0 Å². The zero-order chi connectivity index (χ0) is 10.7. The monoisotopic (exact) mass is 211 g/mol. The van der Waals surface area contributed by atoms with Crippen molar-refractivity contribution in [2.45, 2.75) is 44.6 Å². The van der Waals surface area contributed by atoms with Crippen LogP contribution in [-0.4, -0.2) is 41.5 Å². The number of Topliss-reactive ketones (excluding diaryl/α,β-unsaturated/α-hetero) is 1. The second kappa shape index (κ2) is 5.08. The molecule has 86 valence electrons. The molecule has 1 aliphatic heterocycles. The Hall–Kier alpha value is -0.410. The third-order valence-corrected chi connectivity index (χ3v) is 3.80. The minimum absolute atomic E-state index is 0.214. The summed E-state index contributed by atoms with van der Waals surface area (Å²) in [4.78, 5) is 14.0. The first-order valence-electron chi connectivity index (χ1n) is 6.19.